The van der Waals surface area contributed by atoms with Crippen LogP contribution in [-0.2, 0) is 17.6 Å². The molecule has 0 aliphatic carbocycles. The number of imide groups is 1. The maximum absolute atomic E-state index is 11.9. The molecule has 3 amide bonds. The largest absolute Gasteiger partial charge is 0.352 e. The smallest absolute Gasteiger partial charge is 0.286 e. The van der Waals surface area contributed by atoms with Crippen LogP contribution in [0.25, 0.3) is 0 Å². The number of hydrogen-bond acceptors (Lipinski definition) is 5. The third kappa shape index (κ3) is 4.67. The molecule has 0 saturated carbocycles. The summed E-state index contributed by atoms with van der Waals surface area (Å²) in [5.41, 5.74) is 2.64. The minimum atomic E-state index is -0.350. The quantitative estimate of drug-likeness (QED) is 0.827. The van der Waals surface area contributed by atoms with Crippen molar-refractivity contribution in [3.05, 3.63) is 65.5 Å². The summed E-state index contributed by atoms with van der Waals surface area (Å²) in [5, 5.41) is 4.52. The van der Waals surface area contributed by atoms with Crippen LogP contribution in [0.4, 0.5) is 4.79 Å². The van der Waals surface area contributed by atoms with Crippen molar-refractivity contribution < 1.29 is 14.4 Å². The standard InChI is InChI=1S/C18H17N3O3S/c22-16(14-2-1-8-19-11-14)20-9-7-12-3-5-13(6-4-12)10-15-17(23)21-18(24)25-15/h1-6,8,11,15H,7,9-10H2,(H,20,22)(H,21,23,24)/t15-/m0/s1. The Kier molecular flexibility index (Phi) is 5.45. The van der Waals surface area contributed by atoms with Crippen LogP contribution in [0.2, 0.25) is 0 Å². The fourth-order valence-corrected chi connectivity index (χ4v) is 3.36. The molecule has 0 unspecified atom stereocenters. The summed E-state index contributed by atoms with van der Waals surface area (Å²) < 4.78 is 0. The first kappa shape index (κ1) is 17.2. The van der Waals surface area contributed by atoms with Gasteiger partial charge in [0.2, 0.25) is 5.91 Å². The van der Waals surface area contributed by atoms with Crippen LogP contribution in [0.3, 0.4) is 0 Å². The maximum atomic E-state index is 11.9. The summed E-state index contributed by atoms with van der Waals surface area (Å²) in [6.07, 6.45) is 4.40. The number of hydrogen-bond donors (Lipinski definition) is 2. The number of amides is 3. The Morgan fingerprint density at radius 2 is 1.92 bits per heavy atom. The fourth-order valence-electron chi connectivity index (χ4n) is 2.50. The highest BCUT2D eigenvalue weighted by Gasteiger charge is 2.31. The minimum Gasteiger partial charge on any atom is -0.352 e. The number of carbonyl (C=O) groups excluding carboxylic acids is 3. The zero-order valence-electron chi connectivity index (χ0n) is 13.4. The average Bonchev–Trinajstić information content (AvgIpc) is 2.94. The molecule has 1 aliphatic heterocycles. The zero-order chi connectivity index (χ0) is 17.6. The summed E-state index contributed by atoms with van der Waals surface area (Å²) in [6, 6.07) is 11.3. The lowest BCUT2D eigenvalue weighted by atomic mass is 10.1. The molecule has 0 bridgehead atoms. The number of aromatic nitrogens is 1. The van der Waals surface area contributed by atoms with E-state index in [2.05, 4.69) is 15.6 Å². The summed E-state index contributed by atoms with van der Waals surface area (Å²) in [4.78, 5) is 38.6. The van der Waals surface area contributed by atoms with Gasteiger partial charge in [-0.05, 0) is 36.1 Å². The van der Waals surface area contributed by atoms with Crippen LogP contribution in [-0.4, -0.2) is 33.8 Å². The normalized spacial score (nSPS) is 16.6. The average molecular weight is 355 g/mol. The van der Waals surface area contributed by atoms with Gasteiger partial charge in [0.15, 0.2) is 0 Å². The molecule has 2 aromatic rings. The van der Waals surface area contributed by atoms with Gasteiger partial charge in [0, 0.05) is 18.9 Å². The van der Waals surface area contributed by atoms with Crippen LogP contribution >= 0.6 is 11.8 Å². The number of pyridine rings is 1. The molecule has 6 nitrogen and oxygen atoms in total. The van der Waals surface area contributed by atoms with Gasteiger partial charge >= 0.3 is 0 Å². The van der Waals surface area contributed by atoms with Crippen molar-refractivity contribution in [1.82, 2.24) is 15.6 Å². The van der Waals surface area contributed by atoms with Crippen LogP contribution in [0, 0.1) is 0 Å². The van der Waals surface area contributed by atoms with E-state index < -0.39 is 0 Å². The van der Waals surface area contributed by atoms with E-state index in [1.165, 1.54) is 6.20 Å². The highest BCUT2D eigenvalue weighted by atomic mass is 32.2. The van der Waals surface area contributed by atoms with E-state index in [0.29, 0.717) is 24.9 Å². The van der Waals surface area contributed by atoms with Gasteiger partial charge in [-0.3, -0.25) is 24.7 Å². The van der Waals surface area contributed by atoms with E-state index in [-0.39, 0.29) is 22.3 Å². The molecule has 3 rings (SSSR count). The van der Waals surface area contributed by atoms with Crippen LogP contribution in [0.1, 0.15) is 21.5 Å². The zero-order valence-corrected chi connectivity index (χ0v) is 14.2. The van der Waals surface area contributed by atoms with Gasteiger partial charge in [-0.2, -0.15) is 0 Å². The molecule has 1 fully saturated rings. The Bertz CT molecular complexity index is 778. The Balaban J connectivity index is 1.47. The molecule has 2 N–H and O–H groups in total. The number of nitrogens with one attached hydrogen (secondary N) is 2. The van der Waals surface area contributed by atoms with E-state index >= 15 is 0 Å². The Morgan fingerprint density at radius 3 is 2.56 bits per heavy atom. The first-order valence-electron chi connectivity index (χ1n) is 7.89. The highest BCUT2D eigenvalue weighted by molar-refractivity contribution is 8.15. The van der Waals surface area contributed by atoms with E-state index in [1.54, 1.807) is 18.3 Å². The van der Waals surface area contributed by atoms with Crippen molar-refractivity contribution >= 4 is 28.8 Å². The predicted molar refractivity (Wildman–Crippen MR) is 95.3 cm³/mol. The topological polar surface area (TPSA) is 88.2 Å². The van der Waals surface area contributed by atoms with Gasteiger partial charge in [0.1, 0.15) is 0 Å². The van der Waals surface area contributed by atoms with Crippen molar-refractivity contribution in [1.29, 1.82) is 0 Å². The molecule has 0 radical (unpaired) electrons. The molecule has 7 heteroatoms. The SMILES string of the molecule is O=C1NC(=O)[C@H](Cc2ccc(CCNC(=O)c3cccnc3)cc2)S1. The summed E-state index contributed by atoms with van der Waals surface area (Å²) in [5.74, 6) is -0.365. The first-order chi connectivity index (χ1) is 12.1. The molecule has 1 aromatic carbocycles. The molecular weight excluding hydrogens is 338 g/mol. The molecule has 2 heterocycles. The summed E-state index contributed by atoms with van der Waals surface area (Å²) >= 11 is 1.04. The lowest BCUT2D eigenvalue weighted by molar-refractivity contribution is -0.118. The van der Waals surface area contributed by atoms with Crippen molar-refractivity contribution in [2.75, 3.05) is 6.54 Å². The van der Waals surface area contributed by atoms with E-state index in [9.17, 15) is 14.4 Å². The second-order valence-corrected chi connectivity index (χ2v) is 6.83. The predicted octanol–water partition coefficient (Wildman–Crippen LogP) is 1.95. The summed E-state index contributed by atoms with van der Waals surface area (Å²) in [7, 11) is 0. The second-order valence-electron chi connectivity index (χ2n) is 5.65. The number of thioether (sulfide) groups is 1. The van der Waals surface area contributed by atoms with Crippen molar-refractivity contribution in [3.8, 4) is 0 Å². The number of rotatable bonds is 6. The third-order valence-electron chi connectivity index (χ3n) is 3.83. The van der Waals surface area contributed by atoms with Crippen molar-refractivity contribution in [2.45, 2.75) is 18.1 Å². The number of carbonyl (C=O) groups is 3. The molecule has 25 heavy (non-hydrogen) atoms. The fraction of sp³-hybridized carbons (Fsp3) is 0.222. The molecule has 128 valence electrons. The molecule has 1 atom stereocenters. The van der Waals surface area contributed by atoms with Crippen LogP contribution in [0.15, 0.2) is 48.8 Å². The lowest BCUT2D eigenvalue weighted by Gasteiger charge is -2.08. The molecule has 1 aliphatic rings. The van der Waals surface area contributed by atoms with E-state index in [4.69, 9.17) is 0 Å². The second kappa shape index (κ2) is 7.94. The van der Waals surface area contributed by atoms with Gasteiger partial charge in [0.25, 0.3) is 11.1 Å². The van der Waals surface area contributed by atoms with Gasteiger partial charge in [0.05, 0.1) is 10.8 Å². The van der Waals surface area contributed by atoms with Gasteiger partial charge in [-0.1, -0.05) is 36.0 Å². The van der Waals surface area contributed by atoms with Gasteiger partial charge in [-0.15, -0.1) is 0 Å². The molecule has 0 spiro atoms. The van der Waals surface area contributed by atoms with Crippen molar-refractivity contribution in [2.24, 2.45) is 0 Å². The number of benzene rings is 1. The molecular formula is C18H17N3O3S. The molecule has 1 aromatic heterocycles. The van der Waals surface area contributed by atoms with E-state index in [0.717, 1.165) is 22.9 Å². The monoisotopic (exact) mass is 355 g/mol. The Labute approximate surface area is 149 Å². The van der Waals surface area contributed by atoms with E-state index in [1.807, 2.05) is 24.3 Å². The van der Waals surface area contributed by atoms with Gasteiger partial charge < -0.3 is 5.32 Å². The third-order valence-corrected chi connectivity index (χ3v) is 4.82. The first-order valence-corrected chi connectivity index (χ1v) is 8.77. The maximum Gasteiger partial charge on any atom is 0.286 e. The van der Waals surface area contributed by atoms with Crippen LogP contribution in [0.5, 0.6) is 0 Å². The lowest BCUT2D eigenvalue weighted by Crippen LogP contribution is -2.26. The van der Waals surface area contributed by atoms with Crippen molar-refractivity contribution in [3.63, 3.8) is 0 Å². The minimum absolute atomic E-state index is 0.140. The molecule has 1 saturated heterocycles. The van der Waals surface area contributed by atoms with Gasteiger partial charge in [-0.25, -0.2) is 0 Å². The number of nitrogens with zero attached hydrogens (tertiary/aromatic N) is 1. The summed E-state index contributed by atoms with van der Waals surface area (Å²) in [6.45, 7) is 0.530. The Morgan fingerprint density at radius 1 is 1.16 bits per heavy atom. The van der Waals surface area contributed by atoms with Crippen LogP contribution < -0.4 is 10.6 Å². The highest BCUT2D eigenvalue weighted by Crippen LogP contribution is 2.23. The Hall–Kier alpha value is -2.67.